The Morgan fingerprint density at radius 2 is 1.71 bits per heavy atom. The van der Waals surface area contributed by atoms with Crippen molar-refractivity contribution in [2.45, 2.75) is 131 Å². The average Bonchev–Trinajstić information content (AvgIpc) is 3.76. The van der Waals surface area contributed by atoms with Gasteiger partial charge < -0.3 is 41.0 Å². The summed E-state index contributed by atoms with van der Waals surface area (Å²) in [6, 6.07) is 0. The highest BCUT2D eigenvalue weighted by Gasteiger charge is 2.47. The first-order valence-electron chi connectivity index (χ1n) is 20.7. The fourth-order valence-corrected chi connectivity index (χ4v) is 8.61. The second kappa shape index (κ2) is 21.0. The number of esters is 1. The number of aliphatic hydroxyl groups is 2. The third-order valence-corrected chi connectivity index (χ3v) is 12.0. The third kappa shape index (κ3) is 10.2. The Kier molecular flexibility index (Phi) is 17.3. The number of Topliss-reactive ketones (excluding diaryl/α,β-unsaturated/α-hetero) is 1. The van der Waals surface area contributed by atoms with Gasteiger partial charge in [-0.3, -0.25) is 24.4 Å². The zero-order valence-electron chi connectivity index (χ0n) is 36.5. The molecule has 7 N–H and O–H groups in total. The first-order valence-corrected chi connectivity index (χ1v) is 20.7. The Labute approximate surface area is 348 Å². The molecule has 2 aromatic carbocycles. The number of phenols is 2. The van der Waals surface area contributed by atoms with Gasteiger partial charge in [-0.15, -0.1) is 12.8 Å². The van der Waals surface area contributed by atoms with Crippen LogP contribution in [0.1, 0.15) is 116 Å². The number of benzene rings is 2. The molecule has 13 nitrogen and oxygen atoms in total. The van der Waals surface area contributed by atoms with Gasteiger partial charge in [0.05, 0.1) is 22.4 Å². The van der Waals surface area contributed by atoms with Crippen molar-refractivity contribution in [2.75, 3.05) is 19.0 Å². The van der Waals surface area contributed by atoms with E-state index in [4.69, 9.17) is 30.3 Å². The van der Waals surface area contributed by atoms with Gasteiger partial charge in [-0.25, -0.2) is 0 Å². The molecule has 324 valence electrons. The highest BCUT2D eigenvalue weighted by Crippen LogP contribution is 2.50. The maximum Gasteiger partial charge on any atom is 0.302 e. The van der Waals surface area contributed by atoms with Gasteiger partial charge in [0.25, 0.3) is 5.91 Å². The van der Waals surface area contributed by atoms with Crippen LogP contribution in [0.5, 0.6) is 17.2 Å². The molecule has 3 heterocycles. The number of terminal acetylenes is 1. The number of fused-ring (bicyclic) bond motifs is 1. The summed E-state index contributed by atoms with van der Waals surface area (Å²) in [5, 5.41) is 45.7. The fraction of sp³-hybridized carbons (Fsp3) is 0.587. The van der Waals surface area contributed by atoms with Crippen LogP contribution < -0.4 is 26.5 Å². The van der Waals surface area contributed by atoms with Crippen molar-refractivity contribution in [1.29, 1.82) is 0 Å². The molecule has 1 amide bonds. The molecule has 0 saturated carbocycles. The number of unbranched alkanes of at least 4 members (excludes halogenated alkanes) is 1. The summed E-state index contributed by atoms with van der Waals surface area (Å²) in [4.78, 5) is 50.6. The summed E-state index contributed by atoms with van der Waals surface area (Å²) < 4.78 is 12.3. The summed E-state index contributed by atoms with van der Waals surface area (Å²) in [6.07, 6.45) is 16.2. The summed E-state index contributed by atoms with van der Waals surface area (Å²) >= 11 is 0. The second-order valence-corrected chi connectivity index (χ2v) is 16.5. The lowest BCUT2D eigenvalue weighted by molar-refractivity contribution is -0.156. The molecule has 9 atom stereocenters. The highest BCUT2D eigenvalue weighted by molar-refractivity contribution is 6.20. The van der Waals surface area contributed by atoms with E-state index in [-0.39, 0.29) is 85.2 Å². The van der Waals surface area contributed by atoms with E-state index in [9.17, 15) is 29.7 Å². The van der Waals surface area contributed by atoms with Crippen molar-refractivity contribution in [3.8, 4) is 30.1 Å². The Bertz CT molecular complexity index is 2080. The Morgan fingerprint density at radius 1 is 1.07 bits per heavy atom. The highest BCUT2D eigenvalue weighted by atomic mass is 16.5. The summed E-state index contributed by atoms with van der Waals surface area (Å²) in [5.74, 6) is -2.48. The van der Waals surface area contributed by atoms with Crippen molar-refractivity contribution in [2.24, 2.45) is 45.3 Å². The van der Waals surface area contributed by atoms with Crippen molar-refractivity contribution >= 4 is 34.1 Å². The molecule has 0 radical (unpaired) electrons. The molecule has 0 aliphatic carbocycles. The number of rotatable bonds is 6. The number of ketones is 1. The number of carbonyl (C=O) groups excluding carboxylic acids is 3. The smallest absolute Gasteiger partial charge is 0.302 e. The van der Waals surface area contributed by atoms with Gasteiger partial charge in [-0.2, -0.15) is 0 Å². The standard InChI is InChI=1S/C43H60N4O8.C2H2.CH4O/c1-10-11-17-28(20-44)41-45-32-29-30-36(50)26(7)39-31(29)40(52)43(9,55-39)18-13-16-22(3)38(54-27(8)48)25(6)35(49)24(5)19-21(2)14-12-15-23(4)42(53)47-34(37(30)51)33(32)46-41;2*1-2/h12,14-15,21-22,24-25,28,35,38,41,49-51H,10-11,13,16-20,44H2,1-9H3,(H,47,53);1-2H;2H,1H3/b14-12+,23-15-;;/t21-,22+,24+,25+,28?,35+,38+,41?,43+;;/m0../s1. The van der Waals surface area contributed by atoms with Crippen LogP contribution in [0, 0.1) is 49.4 Å². The Balaban J connectivity index is 0.00000225. The van der Waals surface area contributed by atoms with Gasteiger partial charge in [0.2, 0.25) is 5.78 Å². The van der Waals surface area contributed by atoms with Crippen molar-refractivity contribution in [1.82, 2.24) is 0 Å². The molecule has 2 unspecified atom stereocenters. The number of carbonyl (C=O) groups is 3. The molecule has 0 saturated heterocycles. The molecule has 5 rings (SSSR count). The molecular weight excluding hydrogens is 753 g/mol. The second-order valence-electron chi connectivity index (χ2n) is 16.5. The van der Waals surface area contributed by atoms with E-state index in [0.29, 0.717) is 37.8 Å². The van der Waals surface area contributed by atoms with Crippen LogP contribution in [0.2, 0.25) is 0 Å². The van der Waals surface area contributed by atoms with E-state index in [1.54, 1.807) is 32.9 Å². The lowest BCUT2D eigenvalue weighted by Crippen LogP contribution is -2.41. The lowest BCUT2D eigenvalue weighted by atomic mass is 9.79. The molecule has 2 aromatic rings. The lowest BCUT2D eigenvalue weighted by Gasteiger charge is -2.35. The maximum atomic E-state index is 14.7. The number of aliphatic hydroxyl groups excluding tert-OH is 2. The molecule has 3 aliphatic heterocycles. The summed E-state index contributed by atoms with van der Waals surface area (Å²) in [6.45, 7) is 16.7. The third-order valence-electron chi connectivity index (χ3n) is 12.0. The van der Waals surface area contributed by atoms with Gasteiger partial charge in [-0.1, -0.05) is 65.7 Å². The van der Waals surface area contributed by atoms with Crippen LogP contribution >= 0.6 is 0 Å². The van der Waals surface area contributed by atoms with Crippen molar-refractivity contribution < 1.29 is 44.3 Å². The number of nitrogens with zero attached hydrogens (tertiary/aromatic N) is 2. The number of nitrogens with two attached hydrogens (primary N) is 1. The molecular formula is C46H66N4O9. The minimum absolute atomic E-state index is 0.00877. The minimum atomic E-state index is -1.32. The normalized spacial score (nSPS) is 28.9. The number of anilines is 1. The largest absolute Gasteiger partial charge is 0.507 e. The predicted molar refractivity (Wildman–Crippen MR) is 230 cm³/mol. The number of allylic oxidation sites excluding steroid dienone is 3. The molecule has 59 heavy (non-hydrogen) atoms. The first kappa shape index (κ1) is 48.6. The number of hydrogen-bond donors (Lipinski definition) is 6. The van der Waals surface area contributed by atoms with Crippen LogP contribution in [0.15, 0.2) is 33.8 Å². The zero-order chi connectivity index (χ0) is 44.5. The van der Waals surface area contributed by atoms with Gasteiger partial charge in [0.15, 0.2) is 11.4 Å². The molecule has 3 aliphatic rings. The fourth-order valence-electron chi connectivity index (χ4n) is 8.61. The SMILES string of the molecule is C#C.CCCCC(CN)C1N=c2c3c(O)c4c(O)c(C)c5c(c4c2=N1)C(=O)[C@@](C)(CCC[C@@H](C)[C@@H](OC(C)=O)[C@H](C)[C@H](O)[C@H](C)C[C@@H](C)/C=C/C=C(/C)C(=O)N3)O5.CO. The van der Waals surface area contributed by atoms with Crippen molar-refractivity contribution in [3.05, 3.63) is 45.6 Å². The number of amides is 1. The van der Waals surface area contributed by atoms with Crippen LogP contribution in [0.25, 0.3) is 10.8 Å². The van der Waals surface area contributed by atoms with Gasteiger partial charge in [0, 0.05) is 42.4 Å². The molecule has 0 spiro atoms. The van der Waals surface area contributed by atoms with Crippen LogP contribution in [0.4, 0.5) is 5.69 Å². The predicted octanol–water partition coefficient (Wildman–Crippen LogP) is 5.95. The van der Waals surface area contributed by atoms with Crippen LogP contribution in [0.3, 0.4) is 0 Å². The monoisotopic (exact) mass is 818 g/mol. The summed E-state index contributed by atoms with van der Waals surface area (Å²) in [5.41, 5.74) is 5.72. The van der Waals surface area contributed by atoms with E-state index in [1.165, 1.54) is 6.92 Å². The molecule has 0 aromatic heterocycles. The first-order chi connectivity index (χ1) is 27.9. The van der Waals surface area contributed by atoms with Gasteiger partial charge >= 0.3 is 5.97 Å². The van der Waals surface area contributed by atoms with E-state index in [0.717, 1.165) is 26.4 Å². The number of aromatic hydroxyl groups is 2. The quantitative estimate of drug-likeness (QED) is 0.115. The van der Waals surface area contributed by atoms with Gasteiger partial charge in [-0.05, 0) is 77.2 Å². The molecule has 4 bridgehead atoms. The number of nitrogens with one attached hydrogen (secondary N) is 1. The number of phenolic OH excluding ortho intramolecular Hbond substituents is 2. The zero-order valence-corrected chi connectivity index (χ0v) is 36.5. The molecule has 0 fully saturated rings. The summed E-state index contributed by atoms with van der Waals surface area (Å²) in [7, 11) is 1.00. The average molecular weight is 819 g/mol. The van der Waals surface area contributed by atoms with Crippen LogP contribution in [-0.2, 0) is 14.3 Å². The van der Waals surface area contributed by atoms with Crippen LogP contribution in [-0.4, -0.2) is 75.7 Å². The Morgan fingerprint density at radius 3 is 2.32 bits per heavy atom. The maximum absolute atomic E-state index is 14.7. The van der Waals surface area contributed by atoms with E-state index >= 15 is 0 Å². The topological polar surface area (TPSA) is 213 Å². The molecule has 13 heteroatoms. The number of ether oxygens (including phenoxy) is 2. The van der Waals surface area contributed by atoms with E-state index in [1.807, 2.05) is 33.8 Å². The van der Waals surface area contributed by atoms with Gasteiger partial charge in [0.1, 0.15) is 34.8 Å². The Hall–Kier alpha value is -4.77. The van der Waals surface area contributed by atoms with E-state index in [2.05, 4.69) is 25.1 Å². The number of hydrogen-bond acceptors (Lipinski definition) is 12. The van der Waals surface area contributed by atoms with Crippen molar-refractivity contribution in [3.63, 3.8) is 0 Å². The minimum Gasteiger partial charge on any atom is -0.507 e. The van der Waals surface area contributed by atoms with E-state index < -0.39 is 41.6 Å².